The topological polar surface area (TPSA) is 127 Å². The van der Waals surface area contributed by atoms with Gasteiger partial charge in [-0.3, -0.25) is 9.55 Å². The van der Waals surface area contributed by atoms with E-state index >= 15 is 0 Å². The number of pyridine rings is 1. The minimum Gasteiger partial charge on any atom is -0.454 e. The van der Waals surface area contributed by atoms with E-state index in [0.29, 0.717) is 33.5 Å². The SMILES string of the molecule is OC[C@H]1O[C@@H](n2c3cccnc3c3c(-c4cc5ccccc5o4)ncnc32)[C@H](O)[C@@H]1O. The Bertz CT molecular complexity index is 1390. The van der Waals surface area contributed by atoms with Crippen molar-refractivity contribution in [3.05, 3.63) is 55.0 Å². The van der Waals surface area contributed by atoms with Gasteiger partial charge in [0.15, 0.2) is 12.0 Å². The average molecular weight is 418 g/mol. The second-order valence-corrected chi connectivity index (χ2v) is 7.54. The zero-order valence-corrected chi connectivity index (χ0v) is 16.2. The van der Waals surface area contributed by atoms with E-state index in [4.69, 9.17) is 9.15 Å². The molecule has 4 aromatic heterocycles. The van der Waals surface area contributed by atoms with Crippen molar-refractivity contribution < 1.29 is 24.5 Å². The van der Waals surface area contributed by atoms with Crippen LogP contribution in [0.3, 0.4) is 0 Å². The van der Waals surface area contributed by atoms with Crippen molar-refractivity contribution >= 4 is 33.0 Å². The van der Waals surface area contributed by atoms with Crippen LogP contribution in [0.2, 0.25) is 0 Å². The van der Waals surface area contributed by atoms with Gasteiger partial charge in [-0.2, -0.15) is 0 Å². The van der Waals surface area contributed by atoms with Gasteiger partial charge in [0, 0.05) is 11.6 Å². The summed E-state index contributed by atoms with van der Waals surface area (Å²) in [6, 6.07) is 13.2. The summed E-state index contributed by atoms with van der Waals surface area (Å²) >= 11 is 0. The fourth-order valence-corrected chi connectivity index (χ4v) is 4.31. The molecule has 5 aromatic rings. The standard InChI is InChI=1S/C22H18N4O5/c27-9-15-19(28)20(29)22(31-15)26-12-5-3-7-23-17(12)16-18(24-10-25-21(16)26)14-8-11-4-1-2-6-13(11)30-14/h1-8,10,15,19-20,22,27-29H,9H2/t15-,19-,20-,22-/m1/s1. The number of hydrogen-bond acceptors (Lipinski definition) is 8. The highest BCUT2D eigenvalue weighted by atomic mass is 16.6. The maximum atomic E-state index is 10.6. The molecule has 1 aliphatic heterocycles. The van der Waals surface area contributed by atoms with E-state index in [1.807, 2.05) is 36.4 Å². The van der Waals surface area contributed by atoms with Crippen LogP contribution in [-0.2, 0) is 4.74 Å². The van der Waals surface area contributed by atoms with E-state index in [-0.39, 0.29) is 0 Å². The van der Waals surface area contributed by atoms with Crippen LogP contribution in [0.4, 0.5) is 0 Å². The molecule has 1 aliphatic rings. The van der Waals surface area contributed by atoms with Crippen molar-refractivity contribution in [2.24, 2.45) is 0 Å². The van der Waals surface area contributed by atoms with Crippen molar-refractivity contribution in [2.75, 3.05) is 6.61 Å². The van der Waals surface area contributed by atoms with Crippen LogP contribution >= 0.6 is 0 Å². The largest absolute Gasteiger partial charge is 0.454 e. The number of aliphatic hydroxyl groups is 3. The molecule has 0 amide bonds. The third-order valence-electron chi connectivity index (χ3n) is 5.77. The smallest absolute Gasteiger partial charge is 0.165 e. The Morgan fingerprint density at radius 3 is 2.68 bits per heavy atom. The van der Waals surface area contributed by atoms with Crippen LogP contribution in [0.5, 0.6) is 0 Å². The Kier molecular flexibility index (Phi) is 4.05. The van der Waals surface area contributed by atoms with Gasteiger partial charge in [0.25, 0.3) is 0 Å². The summed E-state index contributed by atoms with van der Waals surface area (Å²) in [5.41, 5.74) is 3.06. The van der Waals surface area contributed by atoms with E-state index < -0.39 is 31.1 Å². The van der Waals surface area contributed by atoms with Crippen molar-refractivity contribution in [2.45, 2.75) is 24.5 Å². The maximum Gasteiger partial charge on any atom is 0.165 e. The van der Waals surface area contributed by atoms with Gasteiger partial charge in [-0.1, -0.05) is 18.2 Å². The molecule has 4 atom stereocenters. The molecule has 0 radical (unpaired) electrons. The molecule has 1 aromatic carbocycles. The summed E-state index contributed by atoms with van der Waals surface area (Å²) in [4.78, 5) is 13.5. The van der Waals surface area contributed by atoms with Crippen LogP contribution in [0, 0.1) is 0 Å². The van der Waals surface area contributed by atoms with E-state index in [1.165, 1.54) is 6.33 Å². The number of furan rings is 1. The molecule has 1 fully saturated rings. The summed E-state index contributed by atoms with van der Waals surface area (Å²) in [7, 11) is 0. The van der Waals surface area contributed by atoms with Gasteiger partial charge < -0.3 is 24.5 Å². The van der Waals surface area contributed by atoms with Crippen molar-refractivity contribution in [3.8, 4) is 11.5 Å². The molecule has 1 saturated heterocycles. The number of aromatic nitrogens is 4. The van der Waals surface area contributed by atoms with Crippen LogP contribution < -0.4 is 0 Å². The number of benzene rings is 1. The Morgan fingerprint density at radius 1 is 1.00 bits per heavy atom. The lowest BCUT2D eigenvalue weighted by molar-refractivity contribution is -0.0489. The minimum absolute atomic E-state index is 0.413. The third kappa shape index (κ3) is 2.61. The van der Waals surface area contributed by atoms with Gasteiger partial charge in [0.05, 0.1) is 17.5 Å². The molecule has 0 unspecified atom stereocenters. The zero-order valence-electron chi connectivity index (χ0n) is 16.2. The zero-order chi connectivity index (χ0) is 21.1. The highest BCUT2D eigenvalue weighted by Gasteiger charge is 2.44. The van der Waals surface area contributed by atoms with Gasteiger partial charge in [0.2, 0.25) is 0 Å². The molecule has 0 bridgehead atoms. The Labute approximate surface area is 175 Å². The highest BCUT2D eigenvalue weighted by Crippen LogP contribution is 2.40. The first-order chi connectivity index (χ1) is 15.2. The van der Waals surface area contributed by atoms with Gasteiger partial charge in [-0.25, -0.2) is 9.97 Å². The number of ether oxygens (including phenoxy) is 1. The number of hydrogen-bond donors (Lipinski definition) is 3. The summed E-state index contributed by atoms with van der Waals surface area (Å²) in [6.45, 7) is -0.413. The van der Waals surface area contributed by atoms with Crippen molar-refractivity contribution in [3.63, 3.8) is 0 Å². The lowest BCUT2D eigenvalue weighted by Crippen LogP contribution is -2.33. The summed E-state index contributed by atoms with van der Waals surface area (Å²) in [5, 5.41) is 32.0. The van der Waals surface area contributed by atoms with Crippen LogP contribution in [0.1, 0.15) is 6.23 Å². The average Bonchev–Trinajstić information content (AvgIpc) is 3.46. The van der Waals surface area contributed by atoms with E-state index in [2.05, 4.69) is 15.0 Å². The van der Waals surface area contributed by atoms with Crippen LogP contribution in [0.25, 0.3) is 44.5 Å². The van der Waals surface area contributed by atoms with Gasteiger partial charge >= 0.3 is 0 Å². The van der Waals surface area contributed by atoms with E-state index in [9.17, 15) is 15.3 Å². The first-order valence-corrected chi connectivity index (χ1v) is 9.88. The molecule has 156 valence electrons. The fraction of sp³-hybridized carbons (Fsp3) is 0.227. The monoisotopic (exact) mass is 418 g/mol. The minimum atomic E-state index is -1.25. The molecule has 0 aliphatic carbocycles. The lowest BCUT2D eigenvalue weighted by Gasteiger charge is -2.18. The number of aliphatic hydroxyl groups excluding tert-OH is 3. The lowest BCUT2D eigenvalue weighted by atomic mass is 10.1. The van der Waals surface area contributed by atoms with E-state index in [0.717, 1.165) is 11.0 Å². The Morgan fingerprint density at radius 2 is 1.87 bits per heavy atom. The van der Waals surface area contributed by atoms with E-state index in [1.54, 1.807) is 16.8 Å². The predicted octanol–water partition coefficient (Wildman–Crippen LogP) is 2.00. The van der Waals surface area contributed by atoms with Gasteiger partial charge in [-0.15, -0.1) is 0 Å². The Hall–Kier alpha value is -3.37. The number of nitrogens with zero attached hydrogens (tertiary/aromatic N) is 4. The number of rotatable bonds is 3. The Balaban J connectivity index is 1.64. The van der Waals surface area contributed by atoms with Gasteiger partial charge in [0.1, 0.15) is 47.1 Å². The summed E-state index contributed by atoms with van der Waals surface area (Å²) in [6.07, 6.45) is -1.24. The van der Waals surface area contributed by atoms with Crippen LogP contribution in [-0.4, -0.2) is 59.8 Å². The molecule has 3 N–H and O–H groups in total. The normalized spacial score (nSPS) is 24.0. The number of para-hydroxylation sites is 1. The molecule has 5 heterocycles. The number of fused-ring (bicyclic) bond motifs is 4. The van der Waals surface area contributed by atoms with Crippen molar-refractivity contribution in [1.29, 1.82) is 0 Å². The third-order valence-corrected chi connectivity index (χ3v) is 5.77. The first-order valence-electron chi connectivity index (χ1n) is 9.88. The maximum absolute atomic E-state index is 10.6. The molecular formula is C22H18N4O5. The summed E-state index contributed by atoms with van der Waals surface area (Å²) < 4.78 is 13.5. The molecule has 0 spiro atoms. The van der Waals surface area contributed by atoms with Gasteiger partial charge in [-0.05, 0) is 24.3 Å². The molecule has 6 rings (SSSR count). The second kappa shape index (κ2) is 6.82. The highest BCUT2D eigenvalue weighted by molar-refractivity contribution is 6.10. The molecule has 31 heavy (non-hydrogen) atoms. The summed E-state index contributed by atoms with van der Waals surface area (Å²) in [5.74, 6) is 0.569. The second-order valence-electron chi connectivity index (χ2n) is 7.54. The molecular weight excluding hydrogens is 400 g/mol. The fourth-order valence-electron chi connectivity index (χ4n) is 4.31. The van der Waals surface area contributed by atoms with Crippen LogP contribution in [0.15, 0.2) is 59.4 Å². The quantitative estimate of drug-likeness (QED) is 0.406. The van der Waals surface area contributed by atoms with Crippen molar-refractivity contribution in [1.82, 2.24) is 19.5 Å². The first kappa shape index (κ1) is 18.4. The molecule has 9 heteroatoms. The predicted molar refractivity (Wildman–Crippen MR) is 111 cm³/mol. The molecule has 0 saturated carbocycles. The molecule has 9 nitrogen and oxygen atoms in total.